The lowest BCUT2D eigenvalue weighted by atomic mass is 9.98. The Morgan fingerprint density at radius 2 is 2.38 bits per heavy atom. The predicted molar refractivity (Wildman–Crippen MR) is 63.1 cm³/mol. The van der Waals surface area contributed by atoms with Crippen molar-refractivity contribution in [2.75, 3.05) is 0 Å². The number of aryl methyl sites for hydroxylation is 1. The van der Waals surface area contributed by atoms with Gasteiger partial charge in [0.1, 0.15) is 0 Å². The Morgan fingerprint density at radius 1 is 1.44 bits per heavy atom. The van der Waals surface area contributed by atoms with Gasteiger partial charge in [0.25, 0.3) is 0 Å². The summed E-state index contributed by atoms with van der Waals surface area (Å²) in [5.41, 5.74) is 2.89. The molecule has 0 bridgehead atoms. The maximum absolute atomic E-state index is 4.02. The lowest BCUT2D eigenvalue weighted by Crippen LogP contribution is -2.00. The minimum absolute atomic E-state index is 0.532. The number of aromatic nitrogens is 4. The monoisotopic (exact) mass is 278 g/mol. The summed E-state index contributed by atoms with van der Waals surface area (Å²) in [7, 11) is 0. The highest BCUT2D eigenvalue weighted by atomic mass is 79.9. The molecule has 2 aromatic rings. The topological polar surface area (TPSA) is 54.5 Å². The van der Waals surface area contributed by atoms with E-state index in [1.165, 1.54) is 17.5 Å². The van der Waals surface area contributed by atoms with E-state index in [0.29, 0.717) is 5.92 Å². The molecule has 0 amide bonds. The van der Waals surface area contributed by atoms with Gasteiger partial charge in [0.2, 0.25) is 0 Å². The number of H-pyrrole nitrogens is 1. The molecule has 0 saturated heterocycles. The number of aromatic amines is 1. The molecule has 82 valence electrons. The van der Waals surface area contributed by atoms with Gasteiger partial charge >= 0.3 is 0 Å². The maximum Gasteiger partial charge on any atom is 0.175 e. The van der Waals surface area contributed by atoms with E-state index in [4.69, 9.17) is 0 Å². The summed E-state index contributed by atoms with van der Waals surface area (Å²) in [5, 5.41) is 14.1. The van der Waals surface area contributed by atoms with E-state index in [0.717, 1.165) is 23.1 Å². The lowest BCUT2D eigenvalue weighted by Gasteiger charge is -2.08. The van der Waals surface area contributed by atoms with Crippen molar-refractivity contribution in [3.05, 3.63) is 39.6 Å². The van der Waals surface area contributed by atoms with Gasteiger partial charge in [-0.25, -0.2) is 0 Å². The number of hydrogen-bond acceptors (Lipinski definition) is 3. The smallest absolute Gasteiger partial charge is 0.175 e. The molecule has 1 unspecified atom stereocenters. The summed E-state index contributed by atoms with van der Waals surface area (Å²) in [4.78, 5) is 0. The van der Waals surface area contributed by atoms with Gasteiger partial charge in [0.05, 0.1) is 0 Å². The third kappa shape index (κ3) is 1.75. The van der Waals surface area contributed by atoms with E-state index in [-0.39, 0.29) is 0 Å². The van der Waals surface area contributed by atoms with Crippen molar-refractivity contribution in [1.29, 1.82) is 0 Å². The number of fused-ring (bicyclic) bond motifs is 1. The minimum Gasteiger partial charge on any atom is -0.177 e. The van der Waals surface area contributed by atoms with Crippen molar-refractivity contribution in [2.45, 2.75) is 25.2 Å². The first-order valence-corrected chi connectivity index (χ1v) is 6.13. The first kappa shape index (κ1) is 9.96. The summed E-state index contributed by atoms with van der Waals surface area (Å²) in [6, 6.07) is 6.53. The Bertz CT molecular complexity index is 495. The molecule has 1 aliphatic rings. The van der Waals surface area contributed by atoms with E-state index >= 15 is 0 Å². The number of nitrogens with zero attached hydrogens (tertiary/aromatic N) is 3. The molecule has 5 heteroatoms. The van der Waals surface area contributed by atoms with Crippen LogP contribution in [0.25, 0.3) is 0 Å². The van der Waals surface area contributed by atoms with Crippen LogP contribution in [0.5, 0.6) is 0 Å². The Hall–Kier alpha value is -1.23. The molecule has 0 radical (unpaired) electrons. The fourth-order valence-corrected chi connectivity index (χ4v) is 2.74. The highest BCUT2D eigenvalue weighted by Gasteiger charge is 2.23. The molecule has 3 rings (SSSR count). The molecule has 1 N–H and O–H groups in total. The fraction of sp³-hybridized carbons (Fsp3) is 0.364. The second-order valence-corrected chi connectivity index (χ2v) is 5.03. The van der Waals surface area contributed by atoms with Gasteiger partial charge in [-0.3, -0.25) is 0 Å². The van der Waals surface area contributed by atoms with Crippen molar-refractivity contribution in [1.82, 2.24) is 20.6 Å². The standard InChI is InChI=1S/C11H11BrN4/c12-9-4-3-7-1-2-8(10(7)6-9)5-11-13-15-16-14-11/h3-4,6,8H,1-2,5H2,(H,13,14,15,16). The van der Waals surface area contributed by atoms with Gasteiger partial charge in [-0.05, 0) is 42.0 Å². The third-order valence-electron chi connectivity index (χ3n) is 3.13. The van der Waals surface area contributed by atoms with Gasteiger partial charge in [-0.15, -0.1) is 10.2 Å². The molecular formula is C11H11BrN4. The van der Waals surface area contributed by atoms with E-state index in [1.54, 1.807) is 0 Å². The van der Waals surface area contributed by atoms with E-state index < -0.39 is 0 Å². The summed E-state index contributed by atoms with van der Waals surface area (Å²) in [5.74, 6) is 1.34. The number of nitrogens with one attached hydrogen (secondary N) is 1. The normalized spacial score (nSPS) is 18.7. The molecule has 16 heavy (non-hydrogen) atoms. The predicted octanol–water partition coefficient (Wildman–Crippen LogP) is 2.23. The molecule has 1 aromatic carbocycles. The van der Waals surface area contributed by atoms with Gasteiger partial charge in [0.15, 0.2) is 5.82 Å². The fourth-order valence-electron chi connectivity index (χ4n) is 2.36. The molecular weight excluding hydrogens is 268 g/mol. The molecule has 1 heterocycles. The first-order chi connectivity index (χ1) is 7.83. The zero-order chi connectivity index (χ0) is 11.0. The molecule has 4 nitrogen and oxygen atoms in total. The molecule has 1 aliphatic carbocycles. The van der Waals surface area contributed by atoms with E-state index in [2.05, 4.69) is 54.8 Å². The maximum atomic E-state index is 4.02. The van der Waals surface area contributed by atoms with Crippen LogP contribution in [0.3, 0.4) is 0 Å². The quantitative estimate of drug-likeness (QED) is 0.917. The molecule has 1 atom stereocenters. The van der Waals surface area contributed by atoms with Crippen LogP contribution in [0.4, 0.5) is 0 Å². The highest BCUT2D eigenvalue weighted by Crippen LogP contribution is 2.36. The Labute approximate surface area is 102 Å². The summed E-state index contributed by atoms with van der Waals surface area (Å²) in [6.07, 6.45) is 3.21. The second-order valence-electron chi connectivity index (χ2n) is 4.11. The van der Waals surface area contributed by atoms with Crippen LogP contribution in [0.2, 0.25) is 0 Å². The van der Waals surface area contributed by atoms with Crippen LogP contribution in [0.1, 0.15) is 29.3 Å². The number of hydrogen-bond donors (Lipinski definition) is 1. The van der Waals surface area contributed by atoms with Gasteiger partial charge in [-0.2, -0.15) is 5.21 Å². The number of halogens is 1. The highest BCUT2D eigenvalue weighted by molar-refractivity contribution is 9.10. The second kappa shape index (κ2) is 3.97. The van der Waals surface area contributed by atoms with Crippen LogP contribution in [-0.4, -0.2) is 20.6 Å². The van der Waals surface area contributed by atoms with Crippen molar-refractivity contribution in [3.63, 3.8) is 0 Å². The van der Waals surface area contributed by atoms with Crippen molar-refractivity contribution < 1.29 is 0 Å². The summed E-state index contributed by atoms with van der Waals surface area (Å²) >= 11 is 3.52. The Morgan fingerprint density at radius 3 is 3.19 bits per heavy atom. The largest absolute Gasteiger partial charge is 0.177 e. The van der Waals surface area contributed by atoms with E-state index in [1.807, 2.05) is 0 Å². The molecule has 0 saturated carbocycles. The van der Waals surface area contributed by atoms with Crippen LogP contribution < -0.4 is 0 Å². The van der Waals surface area contributed by atoms with Gasteiger partial charge in [-0.1, -0.05) is 27.2 Å². The van der Waals surface area contributed by atoms with Crippen molar-refractivity contribution in [2.24, 2.45) is 0 Å². The van der Waals surface area contributed by atoms with E-state index in [9.17, 15) is 0 Å². The SMILES string of the molecule is Brc1ccc2c(c1)C(Cc1nn[nH]n1)CC2. The zero-order valence-corrected chi connectivity index (χ0v) is 10.2. The average molecular weight is 279 g/mol. The van der Waals surface area contributed by atoms with Gasteiger partial charge < -0.3 is 0 Å². The number of benzene rings is 1. The van der Waals surface area contributed by atoms with Crippen LogP contribution >= 0.6 is 15.9 Å². The van der Waals surface area contributed by atoms with Crippen LogP contribution in [-0.2, 0) is 12.8 Å². The first-order valence-electron chi connectivity index (χ1n) is 5.33. The number of tetrazole rings is 1. The molecule has 0 spiro atoms. The molecule has 0 fully saturated rings. The van der Waals surface area contributed by atoms with Gasteiger partial charge in [0, 0.05) is 10.9 Å². The summed E-state index contributed by atoms with van der Waals surface area (Å²) in [6.45, 7) is 0. The average Bonchev–Trinajstić information content (AvgIpc) is 2.90. The van der Waals surface area contributed by atoms with Crippen molar-refractivity contribution >= 4 is 15.9 Å². The number of rotatable bonds is 2. The lowest BCUT2D eigenvalue weighted by molar-refractivity contribution is 0.650. The third-order valence-corrected chi connectivity index (χ3v) is 3.62. The van der Waals surface area contributed by atoms with Crippen LogP contribution in [0, 0.1) is 0 Å². The van der Waals surface area contributed by atoms with Crippen molar-refractivity contribution in [3.8, 4) is 0 Å². The Balaban J connectivity index is 1.88. The molecule has 0 aliphatic heterocycles. The summed E-state index contributed by atoms with van der Waals surface area (Å²) < 4.78 is 1.14. The Kier molecular flexibility index (Phi) is 2.47. The molecule has 1 aromatic heterocycles. The zero-order valence-electron chi connectivity index (χ0n) is 8.65. The minimum atomic E-state index is 0.532. The van der Waals surface area contributed by atoms with Crippen LogP contribution in [0.15, 0.2) is 22.7 Å².